The van der Waals surface area contributed by atoms with Gasteiger partial charge in [0, 0.05) is 30.7 Å². The Morgan fingerprint density at radius 1 is 1.41 bits per heavy atom. The lowest BCUT2D eigenvalue weighted by atomic mass is 10.2. The zero-order valence-electron chi connectivity index (χ0n) is 11.6. The van der Waals surface area contributed by atoms with Gasteiger partial charge < -0.3 is 9.73 Å². The summed E-state index contributed by atoms with van der Waals surface area (Å²) in [5.41, 5.74) is 1.24. The third-order valence-electron chi connectivity index (χ3n) is 3.25. The van der Waals surface area contributed by atoms with E-state index >= 15 is 0 Å². The summed E-state index contributed by atoms with van der Waals surface area (Å²) in [6.45, 7) is 8.72. The van der Waals surface area contributed by atoms with E-state index in [0.717, 1.165) is 13.1 Å². The first-order valence-corrected chi connectivity index (χ1v) is 6.58. The lowest BCUT2D eigenvalue weighted by molar-refractivity contribution is 0.236. The third kappa shape index (κ3) is 5.37. The fourth-order valence-electron chi connectivity index (χ4n) is 1.89. The third-order valence-corrected chi connectivity index (χ3v) is 3.25. The molecule has 0 fully saturated rings. The fraction of sp³-hybridized carbons (Fsp3) is 0.714. The second-order valence-corrected chi connectivity index (χ2v) is 4.99. The Balaban J connectivity index is 2.24. The minimum Gasteiger partial charge on any atom is -0.472 e. The Morgan fingerprint density at radius 2 is 2.18 bits per heavy atom. The molecule has 17 heavy (non-hydrogen) atoms. The van der Waals surface area contributed by atoms with E-state index < -0.39 is 0 Å². The van der Waals surface area contributed by atoms with Crippen molar-refractivity contribution >= 4 is 0 Å². The first-order chi connectivity index (χ1) is 8.13. The van der Waals surface area contributed by atoms with Gasteiger partial charge >= 0.3 is 0 Å². The van der Waals surface area contributed by atoms with E-state index in [0.29, 0.717) is 12.1 Å². The summed E-state index contributed by atoms with van der Waals surface area (Å²) in [6.07, 6.45) is 6.04. The molecule has 1 aromatic rings. The van der Waals surface area contributed by atoms with Crippen molar-refractivity contribution in [3.05, 3.63) is 24.2 Å². The molecule has 0 aliphatic heterocycles. The maximum atomic E-state index is 5.08. The molecule has 0 aliphatic carbocycles. The van der Waals surface area contributed by atoms with Gasteiger partial charge in [-0.1, -0.05) is 13.3 Å². The molecule has 0 spiro atoms. The summed E-state index contributed by atoms with van der Waals surface area (Å²) in [5.74, 6) is 0. The summed E-state index contributed by atoms with van der Waals surface area (Å²) >= 11 is 0. The molecule has 1 N–H and O–H groups in total. The monoisotopic (exact) mass is 238 g/mol. The van der Waals surface area contributed by atoms with Crippen molar-refractivity contribution in [2.45, 2.75) is 52.2 Å². The minimum absolute atomic E-state index is 0.532. The molecule has 98 valence electrons. The van der Waals surface area contributed by atoms with E-state index in [4.69, 9.17) is 4.42 Å². The molecule has 1 heterocycles. The second-order valence-electron chi connectivity index (χ2n) is 4.99. The van der Waals surface area contributed by atoms with Crippen LogP contribution in [0.25, 0.3) is 0 Å². The molecule has 0 radical (unpaired) electrons. The summed E-state index contributed by atoms with van der Waals surface area (Å²) in [6, 6.07) is 3.17. The summed E-state index contributed by atoms with van der Waals surface area (Å²) in [5, 5.41) is 3.58. The molecule has 0 saturated heterocycles. The van der Waals surface area contributed by atoms with Crippen molar-refractivity contribution in [3.8, 4) is 0 Å². The van der Waals surface area contributed by atoms with Gasteiger partial charge in [-0.05, 0) is 33.4 Å². The zero-order valence-corrected chi connectivity index (χ0v) is 11.6. The fourth-order valence-corrected chi connectivity index (χ4v) is 1.89. The van der Waals surface area contributed by atoms with Crippen LogP contribution in [0.3, 0.4) is 0 Å². The number of hydrogen-bond acceptors (Lipinski definition) is 3. The molecular weight excluding hydrogens is 212 g/mol. The van der Waals surface area contributed by atoms with Gasteiger partial charge in [0.1, 0.15) is 0 Å². The normalized spacial score (nSPS) is 15.1. The maximum absolute atomic E-state index is 5.08. The van der Waals surface area contributed by atoms with E-state index in [-0.39, 0.29) is 0 Å². The highest BCUT2D eigenvalue weighted by Gasteiger charge is 2.11. The first kappa shape index (κ1) is 14.3. The van der Waals surface area contributed by atoms with E-state index in [1.807, 2.05) is 12.3 Å². The molecular formula is C14H26N2O. The van der Waals surface area contributed by atoms with Crippen LogP contribution in [0.15, 0.2) is 23.0 Å². The number of hydrogen-bond donors (Lipinski definition) is 1. The van der Waals surface area contributed by atoms with Gasteiger partial charge in [-0.3, -0.25) is 4.90 Å². The number of likely N-dealkylation sites (N-methyl/N-ethyl adjacent to an activating group) is 1. The Kier molecular flexibility index (Phi) is 6.30. The van der Waals surface area contributed by atoms with Gasteiger partial charge in [0.2, 0.25) is 0 Å². The van der Waals surface area contributed by atoms with Gasteiger partial charge in [-0.25, -0.2) is 0 Å². The van der Waals surface area contributed by atoms with Crippen LogP contribution in [-0.4, -0.2) is 30.6 Å². The number of nitrogens with one attached hydrogen (secondary N) is 1. The Bertz CT molecular complexity index is 284. The highest BCUT2D eigenvalue weighted by molar-refractivity contribution is 5.04. The average Bonchev–Trinajstić information content (AvgIpc) is 2.79. The summed E-state index contributed by atoms with van der Waals surface area (Å²) in [4.78, 5) is 2.34. The maximum Gasteiger partial charge on any atom is 0.0947 e. The van der Waals surface area contributed by atoms with Crippen LogP contribution in [0, 0.1) is 0 Å². The predicted molar refractivity (Wildman–Crippen MR) is 72.0 cm³/mol. The number of furan rings is 1. The van der Waals surface area contributed by atoms with Crippen LogP contribution in [0.2, 0.25) is 0 Å². The van der Waals surface area contributed by atoms with E-state index in [9.17, 15) is 0 Å². The number of nitrogens with zero attached hydrogens (tertiary/aromatic N) is 1. The number of rotatable bonds is 8. The molecule has 0 aromatic carbocycles. The quantitative estimate of drug-likeness (QED) is 0.755. The molecule has 2 atom stereocenters. The zero-order chi connectivity index (χ0) is 12.7. The van der Waals surface area contributed by atoms with E-state index in [1.165, 1.54) is 18.4 Å². The average molecular weight is 238 g/mol. The standard InChI is InChI=1S/C14H26N2O/c1-5-6-12(2)15-9-13(3)16(4)10-14-7-8-17-11-14/h7-8,11-13,15H,5-6,9-10H2,1-4H3. The molecule has 0 saturated carbocycles. The van der Waals surface area contributed by atoms with Crippen molar-refractivity contribution < 1.29 is 4.42 Å². The van der Waals surface area contributed by atoms with Crippen LogP contribution in [0.1, 0.15) is 39.2 Å². The second kappa shape index (κ2) is 7.51. The van der Waals surface area contributed by atoms with Crippen molar-refractivity contribution in [1.29, 1.82) is 0 Å². The lowest BCUT2D eigenvalue weighted by Crippen LogP contribution is -2.40. The van der Waals surface area contributed by atoms with Gasteiger partial charge in [0.15, 0.2) is 0 Å². The Hall–Kier alpha value is -0.800. The molecule has 1 aromatic heterocycles. The molecule has 2 unspecified atom stereocenters. The highest BCUT2D eigenvalue weighted by Crippen LogP contribution is 2.06. The predicted octanol–water partition coefficient (Wildman–Crippen LogP) is 2.88. The smallest absolute Gasteiger partial charge is 0.0947 e. The van der Waals surface area contributed by atoms with Crippen LogP contribution < -0.4 is 5.32 Å². The van der Waals surface area contributed by atoms with Gasteiger partial charge in [-0.2, -0.15) is 0 Å². The van der Waals surface area contributed by atoms with Crippen molar-refractivity contribution in [1.82, 2.24) is 10.2 Å². The van der Waals surface area contributed by atoms with E-state index in [1.54, 1.807) is 6.26 Å². The highest BCUT2D eigenvalue weighted by atomic mass is 16.3. The lowest BCUT2D eigenvalue weighted by Gasteiger charge is -2.26. The first-order valence-electron chi connectivity index (χ1n) is 6.58. The minimum atomic E-state index is 0.532. The SMILES string of the molecule is CCCC(C)NCC(C)N(C)Cc1ccoc1. The summed E-state index contributed by atoms with van der Waals surface area (Å²) in [7, 11) is 2.16. The summed E-state index contributed by atoms with van der Waals surface area (Å²) < 4.78 is 5.08. The van der Waals surface area contributed by atoms with Gasteiger partial charge in [0.25, 0.3) is 0 Å². The van der Waals surface area contributed by atoms with Crippen LogP contribution in [0.5, 0.6) is 0 Å². The Labute approximate surface area is 105 Å². The molecule has 0 aliphatic rings. The van der Waals surface area contributed by atoms with Crippen LogP contribution >= 0.6 is 0 Å². The van der Waals surface area contributed by atoms with E-state index in [2.05, 4.69) is 38.0 Å². The molecule has 3 nitrogen and oxygen atoms in total. The van der Waals surface area contributed by atoms with Crippen molar-refractivity contribution in [2.24, 2.45) is 0 Å². The molecule has 0 amide bonds. The van der Waals surface area contributed by atoms with Crippen molar-refractivity contribution in [2.75, 3.05) is 13.6 Å². The molecule has 3 heteroatoms. The molecule has 1 rings (SSSR count). The van der Waals surface area contributed by atoms with Crippen LogP contribution in [0.4, 0.5) is 0 Å². The van der Waals surface area contributed by atoms with Gasteiger partial charge in [0.05, 0.1) is 12.5 Å². The van der Waals surface area contributed by atoms with Crippen LogP contribution in [-0.2, 0) is 6.54 Å². The van der Waals surface area contributed by atoms with Crippen molar-refractivity contribution in [3.63, 3.8) is 0 Å². The Morgan fingerprint density at radius 3 is 2.76 bits per heavy atom. The largest absolute Gasteiger partial charge is 0.472 e. The molecule has 0 bridgehead atoms. The topological polar surface area (TPSA) is 28.4 Å². The van der Waals surface area contributed by atoms with Gasteiger partial charge in [-0.15, -0.1) is 0 Å².